The van der Waals surface area contributed by atoms with Crippen LogP contribution in [0.5, 0.6) is 0 Å². The molecule has 1 aromatic carbocycles. The minimum absolute atomic E-state index is 0.00585. The largest absolute Gasteiger partial charge is 0.380 e. The minimum atomic E-state index is -0.213. The van der Waals surface area contributed by atoms with Crippen molar-refractivity contribution in [1.82, 2.24) is 5.32 Å². The predicted molar refractivity (Wildman–Crippen MR) is 76.8 cm³/mol. The van der Waals surface area contributed by atoms with Crippen molar-refractivity contribution in [2.75, 3.05) is 13.7 Å². The van der Waals surface area contributed by atoms with Crippen molar-refractivity contribution >= 4 is 5.91 Å². The van der Waals surface area contributed by atoms with E-state index < -0.39 is 0 Å². The summed E-state index contributed by atoms with van der Waals surface area (Å²) in [5.41, 5.74) is 7.90. The Morgan fingerprint density at radius 1 is 1.37 bits per heavy atom. The molecule has 106 valence electrons. The molecule has 0 saturated heterocycles. The van der Waals surface area contributed by atoms with Gasteiger partial charge in [-0.1, -0.05) is 31.2 Å². The molecule has 0 spiro atoms. The third-order valence-electron chi connectivity index (χ3n) is 3.27. The lowest BCUT2D eigenvalue weighted by Crippen LogP contribution is -2.33. The van der Waals surface area contributed by atoms with Gasteiger partial charge < -0.3 is 15.8 Å². The molecule has 1 amide bonds. The van der Waals surface area contributed by atoms with E-state index in [2.05, 4.69) is 36.5 Å². The lowest BCUT2D eigenvalue weighted by Gasteiger charge is -2.17. The van der Waals surface area contributed by atoms with Gasteiger partial charge in [0.25, 0.3) is 0 Å². The lowest BCUT2D eigenvalue weighted by molar-refractivity contribution is -0.124. The molecule has 2 unspecified atom stereocenters. The molecule has 0 aliphatic rings. The topological polar surface area (TPSA) is 64.4 Å². The molecular formula is C15H24N2O2. The lowest BCUT2D eigenvalue weighted by atomic mass is 10.0. The number of ether oxygens (including phenoxy) is 1. The molecule has 0 aliphatic carbocycles. The maximum absolute atomic E-state index is 11.8. The molecule has 4 heteroatoms. The fraction of sp³-hybridized carbons (Fsp3) is 0.533. The van der Waals surface area contributed by atoms with Crippen LogP contribution >= 0.6 is 0 Å². The summed E-state index contributed by atoms with van der Waals surface area (Å²) in [4.78, 5) is 11.8. The summed E-state index contributed by atoms with van der Waals surface area (Å²) in [5.74, 6) is -0.0376. The Balaban J connectivity index is 2.53. The second kappa shape index (κ2) is 7.92. The predicted octanol–water partition coefficient (Wildman–Crippen LogP) is 1.79. The minimum Gasteiger partial charge on any atom is -0.380 e. The average molecular weight is 264 g/mol. The van der Waals surface area contributed by atoms with Crippen LogP contribution in [0.3, 0.4) is 0 Å². The van der Waals surface area contributed by atoms with E-state index in [0.29, 0.717) is 13.0 Å². The molecule has 3 N–H and O–H groups in total. The number of carbonyl (C=O) groups excluding carboxylic acids is 1. The fourth-order valence-electron chi connectivity index (χ4n) is 1.90. The quantitative estimate of drug-likeness (QED) is 0.789. The van der Waals surface area contributed by atoms with Crippen LogP contribution in [0.15, 0.2) is 24.3 Å². The second-order valence-corrected chi connectivity index (χ2v) is 4.68. The number of hydrogen-bond acceptors (Lipinski definition) is 3. The summed E-state index contributed by atoms with van der Waals surface area (Å²) in [6, 6.07) is 8.29. The highest BCUT2D eigenvalue weighted by atomic mass is 16.5. The highest BCUT2D eigenvalue weighted by Gasteiger charge is 2.14. The van der Waals surface area contributed by atoms with Crippen molar-refractivity contribution in [2.45, 2.75) is 38.8 Å². The SMILES string of the molecule is CCc1ccc(C(C)NC(=O)CC(CN)OC)cc1. The maximum Gasteiger partial charge on any atom is 0.223 e. The molecule has 1 rings (SSSR count). The number of hydrogen-bond donors (Lipinski definition) is 2. The van der Waals surface area contributed by atoms with Gasteiger partial charge in [-0.25, -0.2) is 0 Å². The zero-order valence-electron chi connectivity index (χ0n) is 12.0. The Hall–Kier alpha value is -1.39. The Kier molecular flexibility index (Phi) is 6.53. The van der Waals surface area contributed by atoms with E-state index in [1.165, 1.54) is 5.56 Å². The van der Waals surface area contributed by atoms with Gasteiger partial charge in [0, 0.05) is 13.7 Å². The summed E-state index contributed by atoms with van der Waals surface area (Å²) in [5, 5.41) is 2.96. The zero-order chi connectivity index (χ0) is 14.3. The first-order valence-corrected chi connectivity index (χ1v) is 6.71. The first-order valence-electron chi connectivity index (χ1n) is 6.71. The number of amides is 1. The van der Waals surface area contributed by atoms with Crippen LogP contribution < -0.4 is 11.1 Å². The number of rotatable bonds is 7. The molecule has 0 aliphatic heterocycles. The van der Waals surface area contributed by atoms with Crippen LogP contribution in [-0.2, 0) is 16.0 Å². The van der Waals surface area contributed by atoms with Gasteiger partial charge in [-0.2, -0.15) is 0 Å². The number of nitrogens with one attached hydrogen (secondary N) is 1. The maximum atomic E-state index is 11.8. The molecule has 0 bridgehead atoms. The van der Waals surface area contributed by atoms with Gasteiger partial charge in [0.1, 0.15) is 0 Å². The van der Waals surface area contributed by atoms with Crippen molar-refractivity contribution in [3.63, 3.8) is 0 Å². The molecule has 0 heterocycles. The Labute approximate surface area is 115 Å². The first-order chi connectivity index (χ1) is 9.10. The van der Waals surface area contributed by atoms with Crippen LogP contribution in [-0.4, -0.2) is 25.7 Å². The average Bonchev–Trinajstić information content (AvgIpc) is 2.44. The van der Waals surface area contributed by atoms with E-state index in [1.54, 1.807) is 7.11 Å². The fourth-order valence-corrected chi connectivity index (χ4v) is 1.90. The second-order valence-electron chi connectivity index (χ2n) is 4.68. The molecule has 1 aromatic rings. The van der Waals surface area contributed by atoms with Crippen LogP contribution in [0, 0.1) is 0 Å². The number of aryl methyl sites for hydroxylation is 1. The molecule has 0 saturated carbocycles. The summed E-state index contributed by atoms with van der Waals surface area (Å²) in [6.45, 7) is 4.45. The van der Waals surface area contributed by atoms with Gasteiger partial charge in [0.15, 0.2) is 0 Å². The van der Waals surface area contributed by atoms with E-state index in [1.807, 2.05) is 6.92 Å². The van der Waals surface area contributed by atoms with Crippen LogP contribution in [0.1, 0.15) is 37.4 Å². The highest BCUT2D eigenvalue weighted by Crippen LogP contribution is 2.14. The molecule has 0 radical (unpaired) electrons. The Morgan fingerprint density at radius 2 is 2.00 bits per heavy atom. The van der Waals surface area contributed by atoms with E-state index in [0.717, 1.165) is 12.0 Å². The highest BCUT2D eigenvalue weighted by molar-refractivity contribution is 5.77. The molecular weight excluding hydrogens is 240 g/mol. The zero-order valence-corrected chi connectivity index (χ0v) is 12.0. The molecule has 0 fully saturated rings. The van der Waals surface area contributed by atoms with Crippen LogP contribution in [0.4, 0.5) is 0 Å². The molecule has 19 heavy (non-hydrogen) atoms. The van der Waals surface area contributed by atoms with E-state index >= 15 is 0 Å². The van der Waals surface area contributed by atoms with Crippen LogP contribution in [0.25, 0.3) is 0 Å². The summed E-state index contributed by atoms with van der Waals surface area (Å²) < 4.78 is 5.10. The van der Waals surface area contributed by atoms with Gasteiger partial charge in [-0.3, -0.25) is 4.79 Å². The van der Waals surface area contributed by atoms with Crippen molar-refractivity contribution in [1.29, 1.82) is 0 Å². The number of carbonyl (C=O) groups is 1. The monoisotopic (exact) mass is 264 g/mol. The van der Waals surface area contributed by atoms with E-state index in [-0.39, 0.29) is 18.1 Å². The number of nitrogens with two attached hydrogens (primary N) is 1. The van der Waals surface area contributed by atoms with Gasteiger partial charge >= 0.3 is 0 Å². The molecule has 0 aromatic heterocycles. The van der Waals surface area contributed by atoms with E-state index in [9.17, 15) is 4.79 Å². The Bertz CT molecular complexity index is 386. The number of benzene rings is 1. The smallest absolute Gasteiger partial charge is 0.223 e. The molecule has 4 nitrogen and oxygen atoms in total. The third-order valence-corrected chi connectivity index (χ3v) is 3.27. The van der Waals surface area contributed by atoms with Crippen molar-refractivity contribution in [3.8, 4) is 0 Å². The van der Waals surface area contributed by atoms with Gasteiger partial charge in [0.2, 0.25) is 5.91 Å². The number of methoxy groups -OCH3 is 1. The third kappa shape index (κ3) is 5.01. The molecule has 2 atom stereocenters. The van der Waals surface area contributed by atoms with Gasteiger partial charge in [-0.15, -0.1) is 0 Å². The van der Waals surface area contributed by atoms with E-state index in [4.69, 9.17) is 10.5 Å². The Morgan fingerprint density at radius 3 is 2.47 bits per heavy atom. The van der Waals surface area contributed by atoms with Crippen molar-refractivity contribution in [3.05, 3.63) is 35.4 Å². The normalized spacial score (nSPS) is 13.9. The summed E-state index contributed by atoms with van der Waals surface area (Å²) in [6.07, 6.45) is 1.10. The van der Waals surface area contributed by atoms with Gasteiger partial charge in [0.05, 0.1) is 18.6 Å². The standard InChI is InChI=1S/C15H24N2O2/c1-4-12-5-7-13(8-6-12)11(2)17-15(18)9-14(10-16)19-3/h5-8,11,14H,4,9-10,16H2,1-3H3,(H,17,18). The van der Waals surface area contributed by atoms with Crippen molar-refractivity contribution < 1.29 is 9.53 Å². The summed E-state index contributed by atoms with van der Waals surface area (Å²) >= 11 is 0. The van der Waals surface area contributed by atoms with Crippen LogP contribution in [0.2, 0.25) is 0 Å². The van der Waals surface area contributed by atoms with Crippen molar-refractivity contribution in [2.24, 2.45) is 5.73 Å². The first kappa shape index (κ1) is 15.7. The summed E-state index contributed by atoms with van der Waals surface area (Å²) in [7, 11) is 1.57. The van der Waals surface area contributed by atoms with Gasteiger partial charge in [-0.05, 0) is 24.5 Å².